The first-order valence-electron chi connectivity index (χ1n) is 13.1. The zero-order chi connectivity index (χ0) is 25.8. The highest BCUT2D eigenvalue weighted by Gasteiger charge is 2.43. The number of nitrogens with zero attached hydrogens (tertiary/aromatic N) is 5. The monoisotopic (exact) mass is 515 g/mol. The van der Waals surface area contributed by atoms with E-state index in [0.29, 0.717) is 12.1 Å². The zero-order valence-electron chi connectivity index (χ0n) is 21.1. The summed E-state index contributed by atoms with van der Waals surface area (Å²) in [6.45, 7) is 3.99. The Hall–Kier alpha value is -3.12. The van der Waals surface area contributed by atoms with Crippen molar-refractivity contribution in [2.24, 2.45) is 0 Å². The Labute approximate surface area is 219 Å². The van der Waals surface area contributed by atoms with Crippen LogP contribution in [-0.4, -0.2) is 58.5 Å². The quantitative estimate of drug-likeness (QED) is 0.417. The molecule has 1 aromatic carbocycles. The second kappa shape index (κ2) is 11.1. The van der Waals surface area contributed by atoms with Crippen LogP contribution in [0.3, 0.4) is 0 Å². The minimum atomic E-state index is -3.22. The van der Waals surface area contributed by atoms with E-state index in [1.807, 2.05) is 49.6 Å². The molecule has 192 valence electrons. The summed E-state index contributed by atoms with van der Waals surface area (Å²) < 4.78 is 27.9. The number of piperidine rings is 1. The second-order valence-electron chi connectivity index (χ2n) is 9.95. The minimum Gasteiger partial charge on any atom is -0.295 e. The summed E-state index contributed by atoms with van der Waals surface area (Å²) in [6, 6.07) is 18.2. The molecule has 1 unspecified atom stereocenters. The standard InChI is InChI=1S/C29H33N5O2S/c1-2-34(37(35,36)27-10-11-27)26-12-16-33(17-13-26)29(23-7-3-6-22(18-23)19-30)28(24-8-4-14-31-20-24)25-9-5-15-32-21-25/h3-9,14-15,18,20-21,26-29H,2,10-13,16-17H2,1H3. The highest BCUT2D eigenvalue weighted by atomic mass is 32.2. The fourth-order valence-electron chi connectivity index (χ4n) is 5.74. The van der Waals surface area contributed by atoms with Crippen molar-refractivity contribution in [1.82, 2.24) is 19.2 Å². The number of nitriles is 1. The normalized spacial score (nSPS) is 18.1. The molecule has 2 aromatic heterocycles. The van der Waals surface area contributed by atoms with Gasteiger partial charge < -0.3 is 0 Å². The van der Waals surface area contributed by atoms with Crippen LogP contribution >= 0.6 is 0 Å². The number of hydrogen-bond acceptors (Lipinski definition) is 6. The van der Waals surface area contributed by atoms with Crippen LogP contribution < -0.4 is 0 Å². The van der Waals surface area contributed by atoms with Crippen molar-refractivity contribution in [1.29, 1.82) is 5.26 Å². The second-order valence-corrected chi connectivity index (χ2v) is 12.1. The van der Waals surface area contributed by atoms with Crippen LogP contribution in [0, 0.1) is 11.3 Å². The van der Waals surface area contributed by atoms with E-state index in [4.69, 9.17) is 0 Å². The lowest BCUT2D eigenvalue weighted by atomic mass is 9.81. The molecule has 1 aliphatic carbocycles. The van der Waals surface area contributed by atoms with Gasteiger partial charge in [0.2, 0.25) is 10.0 Å². The Morgan fingerprint density at radius 2 is 1.59 bits per heavy atom. The highest BCUT2D eigenvalue weighted by molar-refractivity contribution is 7.90. The van der Waals surface area contributed by atoms with Gasteiger partial charge in [-0.2, -0.15) is 9.57 Å². The summed E-state index contributed by atoms with van der Waals surface area (Å²) in [5, 5.41) is 9.44. The van der Waals surface area contributed by atoms with Crippen LogP contribution in [0.15, 0.2) is 73.3 Å². The Bertz CT molecular complexity index is 1290. The molecule has 1 atom stereocenters. The molecule has 1 saturated heterocycles. The Morgan fingerprint density at radius 3 is 2.11 bits per heavy atom. The van der Waals surface area contributed by atoms with Gasteiger partial charge in [-0.15, -0.1) is 0 Å². The third-order valence-electron chi connectivity index (χ3n) is 7.64. The molecule has 1 aliphatic heterocycles. The largest absolute Gasteiger partial charge is 0.295 e. The molecule has 7 nitrogen and oxygen atoms in total. The Kier molecular flexibility index (Phi) is 7.65. The molecule has 0 spiro atoms. The molecular formula is C29H33N5O2S. The van der Waals surface area contributed by atoms with E-state index in [-0.39, 0.29) is 23.3 Å². The lowest BCUT2D eigenvalue weighted by molar-refractivity contribution is 0.110. The number of benzene rings is 1. The van der Waals surface area contributed by atoms with Crippen LogP contribution in [0.5, 0.6) is 0 Å². The molecular weight excluding hydrogens is 482 g/mol. The van der Waals surface area contributed by atoms with E-state index in [1.54, 1.807) is 16.7 Å². The van der Waals surface area contributed by atoms with Crippen molar-refractivity contribution < 1.29 is 8.42 Å². The van der Waals surface area contributed by atoms with Gasteiger partial charge in [0, 0.05) is 62.4 Å². The molecule has 2 aliphatic rings. The first-order valence-corrected chi connectivity index (χ1v) is 14.6. The van der Waals surface area contributed by atoms with Crippen molar-refractivity contribution in [2.45, 2.75) is 55.9 Å². The van der Waals surface area contributed by atoms with Gasteiger partial charge >= 0.3 is 0 Å². The van der Waals surface area contributed by atoms with Gasteiger partial charge in [-0.3, -0.25) is 14.9 Å². The van der Waals surface area contributed by atoms with Crippen molar-refractivity contribution in [3.63, 3.8) is 0 Å². The minimum absolute atomic E-state index is 0.0215. The first-order chi connectivity index (χ1) is 18.0. The Morgan fingerprint density at radius 1 is 0.973 bits per heavy atom. The van der Waals surface area contributed by atoms with E-state index in [1.165, 1.54) is 0 Å². The smallest absolute Gasteiger partial charge is 0.217 e. The van der Waals surface area contributed by atoms with Crippen LogP contribution in [0.1, 0.15) is 66.8 Å². The molecule has 0 N–H and O–H groups in total. The highest BCUT2D eigenvalue weighted by Crippen LogP contribution is 2.42. The molecule has 8 heteroatoms. The third kappa shape index (κ3) is 5.45. The number of aromatic nitrogens is 2. The average molecular weight is 516 g/mol. The van der Waals surface area contributed by atoms with Gasteiger partial charge in [-0.05, 0) is 66.6 Å². The summed E-state index contributed by atoms with van der Waals surface area (Å²) in [7, 11) is -3.22. The molecule has 0 radical (unpaired) electrons. The topological polar surface area (TPSA) is 90.2 Å². The summed E-state index contributed by atoms with van der Waals surface area (Å²) in [5.41, 5.74) is 3.85. The lowest BCUT2D eigenvalue weighted by Crippen LogP contribution is -2.49. The maximum atomic E-state index is 13.1. The number of pyridine rings is 2. The van der Waals surface area contributed by atoms with Gasteiger partial charge in [0.15, 0.2) is 0 Å². The molecule has 1 saturated carbocycles. The summed E-state index contributed by atoms with van der Waals surface area (Å²) in [5.74, 6) is -0.0506. The SMILES string of the molecule is CCN(C1CCN(C(c2cccc(C#N)c2)C(c2cccnc2)c2cccnc2)CC1)S(=O)(=O)C1CC1. The van der Waals surface area contributed by atoms with Gasteiger partial charge in [-0.25, -0.2) is 8.42 Å². The molecule has 0 amide bonds. The molecule has 0 bridgehead atoms. The van der Waals surface area contributed by atoms with Crippen molar-refractivity contribution in [3.8, 4) is 6.07 Å². The fourth-order valence-corrected chi connectivity index (χ4v) is 7.84. The van der Waals surface area contributed by atoms with Gasteiger partial charge in [0.25, 0.3) is 0 Å². The van der Waals surface area contributed by atoms with Crippen LogP contribution in [0.4, 0.5) is 0 Å². The number of sulfonamides is 1. The van der Waals surface area contributed by atoms with Gasteiger partial charge in [0.05, 0.1) is 16.9 Å². The fraction of sp³-hybridized carbons (Fsp3) is 0.414. The average Bonchev–Trinajstić information content (AvgIpc) is 3.80. The van der Waals surface area contributed by atoms with E-state index >= 15 is 0 Å². The number of likely N-dealkylation sites (tertiary alicyclic amines) is 1. The summed E-state index contributed by atoms with van der Waals surface area (Å²) >= 11 is 0. The van der Waals surface area contributed by atoms with E-state index < -0.39 is 10.0 Å². The van der Waals surface area contributed by atoms with E-state index in [2.05, 4.69) is 39.1 Å². The van der Waals surface area contributed by atoms with Gasteiger partial charge in [0.1, 0.15) is 0 Å². The number of hydrogen-bond donors (Lipinski definition) is 0. The molecule has 5 rings (SSSR count). The predicted octanol–water partition coefficient (Wildman–Crippen LogP) is 4.50. The predicted molar refractivity (Wildman–Crippen MR) is 143 cm³/mol. The Balaban J connectivity index is 1.50. The lowest BCUT2D eigenvalue weighted by Gasteiger charge is -2.43. The van der Waals surface area contributed by atoms with Gasteiger partial charge in [-0.1, -0.05) is 31.2 Å². The van der Waals surface area contributed by atoms with Crippen molar-refractivity contribution >= 4 is 10.0 Å². The van der Waals surface area contributed by atoms with Crippen molar-refractivity contribution in [2.75, 3.05) is 19.6 Å². The molecule has 3 heterocycles. The van der Waals surface area contributed by atoms with Crippen LogP contribution in [0.25, 0.3) is 0 Å². The maximum Gasteiger partial charge on any atom is 0.217 e. The van der Waals surface area contributed by atoms with Crippen LogP contribution in [0.2, 0.25) is 0 Å². The van der Waals surface area contributed by atoms with Crippen molar-refractivity contribution in [3.05, 3.63) is 95.6 Å². The molecule has 37 heavy (non-hydrogen) atoms. The van der Waals surface area contributed by atoms with E-state index in [9.17, 15) is 13.7 Å². The molecule has 3 aromatic rings. The first kappa shape index (κ1) is 25.5. The third-order valence-corrected chi connectivity index (χ3v) is 10.2. The van der Waals surface area contributed by atoms with Crippen LogP contribution in [-0.2, 0) is 10.0 Å². The molecule has 2 fully saturated rings. The number of rotatable bonds is 9. The zero-order valence-corrected chi connectivity index (χ0v) is 22.0. The van der Waals surface area contributed by atoms with E-state index in [0.717, 1.165) is 55.5 Å². The summed E-state index contributed by atoms with van der Waals surface area (Å²) in [4.78, 5) is 11.3. The summed E-state index contributed by atoms with van der Waals surface area (Å²) in [6.07, 6.45) is 10.5. The maximum absolute atomic E-state index is 13.1.